The molecule has 1 amide bonds. The number of carbonyl (C=O) groups excluding carboxylic acids is 1. The first-order valence-corrected chi connectivity index (χ1v) is 6.99. The summed E-state index contributed by atoms with van der Waals surface area (Å²) in [5, 5.41) is 13.1. The van der Waals surface area contributed by atoms with Crippen LogP contribution < -0.4 is 5.32 Å². The highest BCUT2D eigenvalue weighted by molar-refractivity contribution is 5.94. The molecule has 1 aliphatic rings. The van der Waals surface area contributed by atoms with E-state index in [1.807, 2.05) is 24.3 Å². The number of nitrogens with one attached hydrogen (secondary N) is 1. The van der Waals surface area contributed by atoms with Gasteiger partial charge in [-0.05, 0) is 29.3 Å². The SMILES string of the molecule is O=C(NCC1(O)Cc2ccccc2C1)c1ccc(F)c(F)c1. The summed E-state index contributed by atoms with van der Waals surface area (Å²) in [6.07, 6.45) is 0.919. The molecule has 2 N–H and O–H groups in total. The number of hydrogen-bond acceptors (Lipinski definition) is 2. The first-order chi connectivity index (χ1) is 10.5. The Balaban J connectivity index is 1.65. The van der Waals surface area contributed by atoms with E-state index in [2.05, 4.69) is 5.32 Å². The van der Waals surface area contributed by atoms with E-state index in [1.165, 1.54) is 6.07 Å². The van der Waals surface area contributed by atoms with Crippen molar-refractivity contribution >= 4 is 5.91 Å². The third-order valence-corrected chi connectivity index (χ3v) is 3.92. The molecule has 114 valence electrons. The van der Waals surface area contributed by atoms with Gasteiger partial charge in [-0.1, -0.05) is 24.3 Å². The van der Waals surface area contributed by atoms with Crippen molar-refractivity contribution in [3.05, 3.63) is 70.8 Å². The van der Waals surface area contributed by atoms with Crippen LogP contribution in [-0.2, 0) is 12.8 Å². The van der Waals surface area contributed by atoms with Gasteiger partial charge in [0.25, 0.3) is 5.91 Å². The number of halogens is 2. The fourth-order valence-corrected chi connectivity index (χ4v) is 2.78. The average Bonchev–Trinajstić information content (AvgIpc) is 2.84. The highest BCUT2D eigenvalue weighted by Gasteiger charge is 2.35. The second-order valence-electron chi connectivity index (χ2n) is 5.66. The second kappa shape index (κ2) is 5.50. The van der Waals surface area contributed by atoms with Crippen LogP contribution in [-0.4, -0.2) is 23.2 Å². The van der Waals surface area contributed by atoms with Crippen molar-refractivity contribution in [2.75, 3.05) is 6.54 Å². The van der Waals surface area contributed by atoms with E-state index in [4.69, 9.17) is 0 Å². The molecular weight excluding hydrogens is 288 g/mol. The third kappa shape index (κ3) is 2.85. The zero-order chi connectivity index (χ0) is 15.7. The van der Waals surface area contributed by atoms with Gasteiger partial charge in [0.05, 0.1) is 5.60 Å². The highest BCUT2D eigenvalue weighted by Crippen LogP contribution is 2.29. The predicted octanol–water partition coefficient (Wildman–Crippen LogP) is 2.22. The molecule has 0 saturated carbocycles. The largest absolute Gasteiger partial charge is 0.387 e. The molecule has 0 saturated heterocycles. The third-order valence-electron chi connectivity index (χ3n) is 3.92. The molecule has 0 aliphatic heterocycles. The van der Waals surface area contributed by atoms with Crippen molar-refractivity contribution in [2.45, 2.75) is 18.4 Å². The molecule has 1 aliphatic carbocycles. The fourth-order valence-electron chi connectivity index (χ4n) is 2.78. The molecule has 3 rings (SSSR count). The quantitative estimate of drug-likeness (QED) is 0.913. The van der Waals surface area contributed by atoms with Gasteiger partial charge in [0.2, 0.25) is 0 Å². The summed E-state index contributed by atoms with van der Waals surface area (Å²) in [5.41, 5.74) is 1.11. The number of fused-ring (bicyclic) bond motifs is 1. The monoisotopic (exact) mass is 303 g/mol. The van der Waals surface area contributed by atoms with E-state index in [0.717, 1.165) is 23.3 Å². The Hall–Kier alpha value is -2.27. The van der Waals surface area contributed by atoms with Crippen molar-refractivity contribution in [1.82, 2.24) is 5.32 Å². The van der Waals surface area contributed by atoms with E-state index in [-0.39, 0.29) is 12.1 Å². The number of hydrogen-bond donors (Lipinski definition) is 2. The van der Waals surface area contributed by atoms with E-state index in [1.54, 1.807) is 0 Å². The summed E-state index contributed by atoms with van der Waals surface area (Å²) in [6.45, 7) is 0.0551. The van der Waals surface area contributed by atoms with E-state index in [9.17, 15) is 18.7 Å². The first-order valence-electron chi connectivity index (χ1n) is 6.99. The number of aliphatic hydroxyl groups is 1. The molecule has 2 aromatic carbocycles. The van der Waals surface area contributed by atoms with Crippen LogP contribution in [0.25, 0.3) is 0 Å². The Labute approximate surface area is 126 Å². The zero-order valence-electron chi connectivity index (χ0n) is 11.8. The maximum absolute atomic E-state index is 13.1. The van der Waals surface area contributed by atoms with E-state index in [0.29, 0.717) is 12.8 Å². The minimum absolute atomic E-state index is 0.0259. The van der Waals surface area contributed by atoms with Gasteiger partial charge in [-0.15, -0.1) is 0 Å². The Kier molecular flexibility index (Phi) is 3.66. The van der Waals surface area contributed by atoms with Gasteiger partial charge < -0.3 is 10.4 Å². The van der Waals surface area contributed by atoms with Crippen LogP contribution >= 0.6 is 0 Å². The van der Waals surface area contributed by atoms with Crippen molar-refractivity contribution in [2.24, 2.45) is 0 Å². The van der Waals surface area contributed by atoms with Crippen molar-refractivity contribution in [3.63, 3.8) is 0 Å². The summed E-state index contributed by atoms with van der Waals surface area (Å²) in [7, 11) is 0. The Morgan fingerprint density at radius 1 is 1.09 bits per heavy atom. The minimum Gasteiger partial charge on any atom is -0.387 e. The first kappa shape index (κ1) is 14.7. The maximum atomic E-state index is 13.1. The van der Waals surface area contributed by atoms with Gasteiger partial charge in [-0.3, -0.25) is 4.79 Å². The summed E-state index contributed by atoms with van der Waals surface area (Å²) < 4.78 is 26.0. The van der Waals surface area contributed by atoms with Crippen LogP contribution in [0.15, 0.2) is 42.5 Å². The van der Waals surface area contributed by atoms with Crippen molar-refractivity contribution in [1.29, 1.82) is 0 Å². The van der Waals surface area contributed by atoms with Crippen LogP contribution in [0.3, 0.4) is 0 Å². The normalized spacial score (nSPS) is 15.4. The lowest BCUT2D eigenvalue weighted by atomic mass is 10.0. The molecule has 0 bridgehead atoms. The molecule has 5 heteroatoms. The van der Waals surface area contributed by atoms with E-state index >= 15 is 0 Å². The second-order valence-corrected chi connectivity index (χ2v) is 5.66. The number of carbonyl (C=O) groups is 1. The lowest BCUT2D eigenvalue weighted by Gasteiger charge is -2.22. The Morgan fingerprint density at radius 2 is 1.73 bits per heavy atom. The zero-order valence-corrected chi connectivity index (χ0v) is 11.8. The molecular formula is C17H15F2NO2. The molecule has 0 heterocycles. The minimum atomic E-state index is -1.07. The van der Waals surface area contributed by atoms with Gasteiger partial charge in [-0.2, -0.15) is 0 Å². The van der Waals surface area contributed by atoms with Gasteiger partial charge in [0, 0.05) is 24.9 Å². The lowest BCUT2D eigenvalue weighted by molar-refractivity contribution is 0.0479. The highest BCUT2D eigenvalue weighted by atomic mass is 19.2. The van der Waals surface area contributed by atoms with Crippen LogP contribution in [0.5, 0.6) is 0 Å². The van der Waals surface area contributed by atoms with Crippen LogP contribution in [0, 0.1) is 11.6 Å². The lowest BCUT2D eigenvalue weighted by Crippen LogP contribution is -2.43. The van der Waals surface area contributed by atoms with Crippen molar-refractivity contribution < 1.29 is 18.7 Å². The van der Waals surface area contributed by atoms with Crippen molar-refractivity contribution in [3.8, 4) is 0 Å². The summed E-state index contributed by atoms with van der Waals surface area (Å²) in [4.78, 5) is 12.0. The Bertz CT molecular complexity index is 705. The van der Waals surface area contributed by atoms with Crippen LogP contribution in [0.2, 0.25) is 0 Å². The molecule has 0 fully saturated rings. The maximum Gasteiger partial charge on any atom is 0.251 e. The summed E-state index contributed by atoms with van der Waals surface area (Å²) >= 11 is 0. The summed E-state index contributed by atoms with van der Waals surface area (Å²) in [5.74, 6) is -2.61. The average molecular weight is 303 g/mol. The van der Waals surface area contributed by atoms with Crippen LogP contribution in [0.4, 0.5) is 8.78 Å². The Morgan fingerprint density at radius 3 is 2.32 bits per heavy atom. The fraction of sp³-hybridized carbons (Fsp3) is 0.235. The standard InChI is InChI=1S/C17H15F2NO2/c18-14-6-5-11(7-15(14)19)16(21)20-10-17(22)8-12-3-1-2-4-13(12)9-17/h1-7,22H,8-10H2,(H,20,21). The number of amides is 1. The smallest absolute Gasteiger partial charge is 0.251 e. The number of benzene rings is 2. The molecule has 0 aromatic heterocycles. The molecule has 2 aromatic rings. The van der Waals surface area contributed by atoms with Gasteiger partial charge in [-0.25, -0.2) is 8.78 Å². The van der Waals surface area contributed by atoms with E-state index < -0.39 is 23.1 Å². The van der Waals surface area contributed by atoms with Gasteiger partial charge in [0.1, 0.15) is 0 Å². The molecule has 0 atom stereocenters. The van der Waals surface area contributed by atoms with Gasteiger partial charge >= 0.3 is 0 Å². The van der Waals surface area contributed by atoms with Gasteiger partial charge in [0.15, 0.2) is 11.6 Å². The molecule has 0 spiro atoms. The molecule has 0 radical (unpaired) electrons. The summed E-state index contributed by atoms with van der Waals surface area (Å²) in [6, 6.07) is 10.7. The topological polar surface area (TPSA) is 49.3 Å². The predicted molar refractivity (Wildman–Crippen MR) is 77.5 cm³/mol. The van der Waals surface area contributed by atoms with Crippen LogP contribution in [0.1, 0.15) is 21.5 Å². The molecule has 3 nitrogen and oxygen atoms in total. The molecule has 22 heavy (non-hydrogen) atoms. The number of rotatable bonds is 3. The molecule has 0 unspecified atom stereocenters.